The molecule has 0 unspecified atom stereocenters. The normalized spacial score (nSPS) is 11.4. The van der Waals surface area contributed by atoms with Crippen LogP contribution in [0.4, 0.5) is 34.5 Å². The third-order valence-electron chi connectivity index (χ3n) is 4.88. The van der Waals surface area contributed by atoms with E-state index in [1.165, 1.54) is 12.1 Å². The van der Waals surface area contributed by atoms with Gasteiger partial charge in [0.1, 0.15) is 5.69 Å². The maximum Gasteiger partial charge on any atom is 0.418 e. The van der Waals surface area contributed by atoms with Gasteiger partial charge in [-0.05, 0) is 36.8 Å². The number of aromatic nitrogens is 2. The molecule has 0 aliphatic rings. The van der Waals surface area contributed by atoms with Gasteiger partial charge >= 0.3 is 12.2 Å². The Morgan fingerprint density at radius 1 is 1.16 bits per heavy atom. The molecule has 0 fully saturated rings. The number of urea groups is 1. The lowest BCUT2D eigenvalue weighted by Crippen LogP contribution is -2.32. The Hall–Kier alpha value is -3.14. The predicted molar refractivity (Wildman–Crippen MR) is 121 cm³/mol. The zero-order chi connectivity index (χ0) is 23.3. The fraction of sp³-hybridized carbons (Fsp3) is 0.318. The van der Waals surface area contributed by atoms with Gasteiger partial charge in [-0.2, -0.15) is 13.2 Å². The number of anilines is 3. The molecule has 170 valence electrons. The summed E-state index contributed by atoms with van der Waals surface area (Å²) in [4.78, 5) is 23.3. The number of thiazole rings is 1. The first kappa shape index (κ1) is 23.5. The molecule has 0 bridgehead atoms. The molecule has 2 aromatic heterocycles. The number of unbranched alkanes of at least 4 members (excludes halogenated alkanes) is 2. The van der Waals surface area contributed by atoms with Crippen LogP contribution in [0.1, 0.15) is 31.7 Å². The highest BCUT2D eigenvalue weighted by Crippen LogP contribution is 2.40. The number of nitrogens with zero attached hydrogens (tertiary/aromatic N) is 4. The molecule has 0 saturated carbocycles. The van der Waals surface area contributed by atoms with Gasteiger partial charge in [0.15, 0.2) is 5.13 Å². The van der Waals surface area contributed by atoms with E-state index in [1.807, 2.05) is 6.92 Å². The van der Waals surface area contributed by atoms with Crippen molar-refractivity contribution in [2.24, 2.45) is 5.73 Å². The SMILES string of the molecule is CCCCCN(C)c1ccc(N(C(N)=O)c2nc(-c3ccccn3)cs2)cc1C(F)(F)F. The van der Waals surface area contributed by atoms with Crippen molar-refractivity contribution in [3.8, 4) is 11.4 Å². The highest BCUT2D eigenvalue weighted by atomic mass is 32.1. The van der Waals surface area contributed by atoms with Crippen LogP contribution < -0.4 is 15.5 Å². The number of hydrogen-bond acceptors (Lipinski definition) is 5. The maximum atomic E-state index is 13.9. The summed E-state index contributed by atoms with van der Waals surface area (Å²) in [7, 11) is 1.63. The zero-order valence-electron chi connectivity index (χ0n) is 17.8. The number of carbonyl (C=O) groups is 1. The van der Waals surface area contributed by atoms with Crippen molar-refractivity contribution in [3.05, 3.63) is 53.5 Å². The summed E-state index contributed by atoms with van der Waals surface area (Å²) in [6, 6.07) is 8.13. The molecule has 0 saturated heterocycles. The number of hydrogen-bond donors (Lipinski definition) is 1. The highest BCUT2D eigenvalue weighted by molar-refractivity contribution is 7.14. The van der Waals surface area contributed by atoms with Gasteiger partial charge in [0, 0.05) is 30.9 Å². The Morgan fingerprint density at radius 2 is 1.94 bits per heavy atom. The summed E-state index contributed by atoms with van der Waals surface area (Å²) in [5.41, 5.74) is 5.83. The van der Waals surface area contributed by atoms with Crippen molar-refractivity contribution in [2.45, 2.75) is 32.4 Å². The molecule has 2 N–H and O–H groups in total. The van der Waals surface area contributed by atoms with Crippen molar-refractivity contribution in [3.63, 3.8) is 0 Å². The highest BCUT2D eigenvalue weighted by Gasteiger charge is 2.36. The second-order valence-electron chi connectivity index (χ2n) is 7.23. The number of alkyl halides is 3. The fourth-order valence-corrected chi connectivity index (χ4v) is 4.12. The smallest absolute Gasteiger partial charge is 0.374 e. The van der Waals surface area contributed by atoms with E-state index >= 15 is 0 Å². The fourth-order valence-electron chi connectivity index (χ4n) is 3.27. The lowest BCUT2D eigenvalue weighted by molar-refractivity contribution is -0.137. The molecular formula is C22H24F3N5OS. The Morgan fingerprint density at radius 3 is 2.56 bits per heavy atom. The standard InChI is InChI=1S/C22H24F3N5OS/c1-3-4-7-12-29(2)19-10-9-15(13-16(19)22(23,24)25)30(20(26)31)21-28-18(14-32-21)17-8-5-6-11-27-17/h5-6,8-11,13-14H,3-4,7,12H2,1-2H3,(H2,26,31). The number of primary amides is 1. The number of pyridine rings is 1. The van der Waals surface area contributed by atoms with E-state index in [0.29, 0.717) is 17.9 Å². The van der Waals surface area contributed by atoms with E-state index in [4.69, 9.17) is 5.73 Å². The summed E-state index contributed by atoms with van der Waals surface area (Å²) < 4.78 is 41.7. The molecule has 0 spiro atoms. The number of nitrogens with two attached hydrogens (primary N) is 1. The van der Waals surface area contributed by atoms with E-state index in [1.54, 1.807) is 41.7 Å². The molecule has 10 heteroatoms. The molecule has 32 heavy (non-hydrogen) atoms. The van der Waals surface area contributed by atoms with Crippen LogP contribution in [0.15, 0.2) is 48.0 Å². The van der Waals surface area contributed by atoms with Crippen LogP contribution in [0.2, 0.25) is 0 Å². The minimum atomic E-state index is -4.60. The van der Waals surface area contributed by atoms with E-state index in [0.717, 1.165) is 41.6 Å². The largest absolute Gasteiger partial charge is 0.418 e. The lowest BCUT2D eigenvalue weighted by atomic mass is 10.1. The lowest BCUT2D eigenvalue weighted by Gasteiger charge is -2.26. The van der Waals surface area contributed by atoms with Gasteiger partial charge in [-0.15, -0.1) is 11.3 Å². The monoisotopic (exact) mass is 463 g/mol. The van der Waals surface area contributed by atoms with Crippen LogP contribution in [0.25, 0.3) is 11.4 Å². The summed E-state index contributed by atoms with van der Waals surface area (Å²) >= 11 is 1.10. The van der Waals surface area contributed by atoms with E-state index in [9.17, 15) is 18.0 Å². The van der Waals surface area contributed by atoms with Gasteiger partial charge in [-0.3, -0.25) is 4.98 Å². The van der Waals surface area contributed by atoms with Gasteiger partial charge < -0.3 is 10.6 Å². The second-order valence-corrected chi connectivity index (χ2v) is 8.07. The number of amides is 2. The molecule has 0 radical (unpaired) electrons. The van der Waals surface area contributed by atoms with E-state index < -0.39 is 17.8 Å². The van der Waals surface area contributed by atoms with Crippen molar-refractivity contribution in [2.75, 3.05) is 23.4 Å². The molecular weight excluding hydrogens is 439 g/mol. The topological polar surface area (TPSA) is 75.3 Å². The minimum Gasteiger partial charge on any atom is -0.374 e. The predicted octanol–water partition coefficient (Wildman–Crippen LogP) is 6.07. The van der Waals surface area contributed by atoms with Gasteiger partial charge in [0.25, 0.3) is 0 Å². The summed E-state index contributed by atoms with van der Waals surface area (Å²) in [5.74, 6) is 0. The maximum absolute atomic E-state index is 13.9. The Bertz CT molecular complexity index is 1060. The summed E-state index contributed by atoms with van der Waals surface area (Å²) in [5, 5.41) is 1.84. The number of halogens is 3. The number of benzene rings is 1. The average molecular weight is 464 g/mol. The molecule has 0 aliphatic carbocycles. The van der Waals surface area contributed by atoms with Crippen LogP contribution in [0, 0.1) is 0 Å². The zero-order valence-corrected chi connectivity index (χ0v) is 18.6. The van der Waals surface area contributed by atoms with Gasteiger partial charge in [0.2, 0.25) is 0 Å². The molecule has 1 aromatic carbocycles. The summed E-state index contributed by atoms with van der Waals surface area (Å²) in [6.07, 6.45) is -0.307. The Balaban J connectivity index is 1.99. The van der Waals surface area contributed by atoms with Crippen LogP contribution in [0.5, 0.6) is 0 Å². The van der Waals surface area contributed by atoms with Crippen LogP contribution in [-0.2, 0) is 6.18 Å². The first-order valence-corrected chi connectivity index (χ1v) is 11.0. The van der Waals surface area contributed by atoms with Crippen molar-refractivity contribution >= 4 is 33.9 Å². The molecule has 3 aromatic rings. The third kappa shape index (κ3) is 5.37. The van der Waals surface area contributed by atoms with E-state index in [-0.39, 0.29) is 16.5 Å². The number of rotatable bonds is 8. The minimum absolute atomic E-state index is 0.00236. The second kappa shape index (κ2) is 9.99. The van der Waals surface area contributed by atoms with Gasteiger partial charge in [-0.1, -0.05) is 25.8 Å². The molecule has 2 amide bonds. The third-order valence-corrected chi connectivity index (χ3v) is 5.71. The van der Waals surface area contributed by atoms with Crippen LogP contribution in [-0.4, -0.2) is 29.6 Å². The Kier molecular flexibility index (Phi) is 7.34. The van der Waals surface area contributed by atoms with Crippen molar-refractivity contribution < 1.29 is 18.0 Å². The van der Waals surface area contributed by atoms with Gasteiger partial charge in [-0.25, -0.2) is 14.7 Å². The summed E-state index contributed by atoms with van der Waals surface area (Å²) in [6.45, 7) is 2.53. The molecule has 0 atom stereocenters. The van der Waals surface area contributed by atoms with Crippen LogP contribution in [0.3, 0.4) is 0 Å². The van der Waals surface area contributed by atoms with E-state index in [2.05, 4.69) is 9.97 Å². The van der Waals surface area contributed by atoms with Crippen LogP contribution >= 0.6 is 11.3 Å². The Labute approximate surface area is 188 Å². The first-order chi connectivity index (χ1) is 15.2. The quantitative estimate of drug-likeness (QED) is 0.412. The first-order valence-electron chi connectivity index (χ1n) is 10.1. The molecule has 2 heterocycles. The average Bonchev–Trinajstić information content (AvgIpc) is 3.23. The molecule has 6 nitrogen and oxygen atoms in total. The molecule has 3 rings (SSSR count). The van der Waals surface area contributed by atoms with Crippen molar-refractivity contribution in [1.29, 1.82) is 0 Å². The van der Waals surface area contributed by atoms with Crippen molar-refractivity contribution in [1.82, 2.24) is 9.97 Å². The van der Waals surface area contributed by atoms with Gasteiger partial charge in [0.05, 0.1) is 16.9 Å². The molecule has 0 aliphatic heterocycles. The number of carbonyl (C=O) groups excluding carboxylic acids is 1.